The molecule has 12 aromatic rings. The third-order valence-electron chi connectivity index (χ3n) is 20.6. The lowest BCUT2D eigenvalue weighted by Crippen LogP contribution is -2.32. The first kappa shape index (κ1) is 116. The van der Waals surface area contributed by atoms with Crippen LogP contribution in [0.25, 0.3) is 0 Å². The van der Waals surface area contributed by atoms with Gasteiger partial charge in [-0.2, -0.15) is 59.8 Å². The number of phenols is 3. The van der Waals surface area contributed by atoms with Gasteiger partial charge in [-0.05, 0) is 255 Å². The number of halogens is 3. The van der Waals surface area contributed by atoms with Crippen LogP contribution in [0.4, 0.5) is 23.5 Å². The minimum Gasteiger partial charge on any atom is -0.508 e. The summed E-state index contributed by atoms with van der Waals surface area (Å²) in [6, 6.07) is 52.7. The number of aromatic nitrogens is 12. The first-order valence-electron chi connectivity index (χ1n) is 46.7. The molecule has 7 heterocycles. The molecule has 774 valence electrons. The van der Waals surface area contributed by atoms with E-state index in [2.05, 4.69) is 128 Å². The van der Waals surface area contributed by atoms with Gasteiger partial charge in [0.2, 0.25) is 28.4 Å². The minimum absolute atomic E-state index is 0.0356. The second kappa shape index (κ2) is 64.3. The van der Waals surface area contributed by atoms with Gasteiger partial charge in [0.25, 0.3) is 0 Å². The summed E-state index contributed by atoms with van der Waals surface area (Å²) in [6.07, 6.45) is 16.9. The number of benzene rings is 8. The SMILES string of the molecule is C=CCBr.C=CCOc1ccc(CNc2nc(Cc3ccc(C(=O)OC)c(OCC=C)c3)nc(OCC)n2)cc1.C=COCc1ccc(N)cc1.CCOc1nc(Cc2ccc(C(=O)OC)c(O)c2)nc(NCc2ccc(O)cc2)n1.CCOc1nc(Cl)nc(Cl)n1.CCOc1nc2nc(n1)NCc1ccc(cc1)OCC=CCOc1cc(ccc1C(=O)OC)C2.NCC1(CN2CCCC2)CC1.NCc1ccc(O)cc1. The highest BCUT2D eigenvalue weighted by molar-refractivity contribution is 9.09. The average molecular weight is 2110 g/mol. The van der Waals surface area contributed by atoms with Crippen LogP contribution in [0.2, 0.25) is 10.6 Å². The van der Waals surface area contributed by atoms with Crippen LogP contribution in [-0.2, 0) is 71.0 Å². The lowest BCUT2D eigenvalue weighted by Gasteiger charge is -2.21. The summed E-state index contributed by atoms with van der Waals surface area (Å²) in [6.45, 7) is 32.1. The number of nitrogens with zero attached hydrogens (tertiary/aromatic N) is 13. The molecule has 2 fully saturated rings. The molecule has 16 rings (SSSR count). The van der Waals surface area contributed by atoms with Crippen molar-refractivity contribution < 1.29 is 86.5 Å². The number of allylic oxidation sites excluding steroid dienone is 1. The number of nitrogens with two attached hydrogens (primary N) is 3. The molecule has 3 aliphatic heterocycles. The maximum absolute atomic E-state index is 12.2. The molecule has 0 unspecified atom stereocenters. The Morgan fingerprint density at radius 3 is 1.51 bits per heavy atom. The predicted molar refractivity (Wildman–Crippen MR) is 564 cm³/mol. The zero-order valence-corrected chi connectivity index (χ0v) is 86.0. The summed E-state index contributed by atoms with van der Waals surface area (Å²) >= 11 is 14.0. The second-order valence-corrected chi connectivity index (χ2v) is 32.8. The van der Waals surface area contributed by atoms with Crippen molar-refractivity contribution >= 4 is 80.6 Å². The number of fused-ring (bicyclic) bond motifs is 7. The second-order valence-electron chi connectivity index (χ2n) is 31.5. The van der Waals surface area contributed by atoms with Crippen molar-refractivity contribution in [3.63, 3.8) is 0 Å². The van der Waals surface area contributed by atoms with E-state index in [0.717, 1.165) is 68.0 Å². The highest BCUT2D eigenvalue weighted by Gasteiger charge is 2.42. The number of nitrogens with one attached hydrogen (secondary N) is 3. The van der Waals surface area contributed by atoms with Crippen molar-refractivity contribution in [3.05, 3.63) is 328 Å². The third kappa shape index (κ3) is 42.3. The molecule has 6 bridgehead atoms. The number of carbonyl (C=O) groups is 3. The van der Waals surface area contributed by atoms with Gasteiger partial charge in [0.15, 0.2) is 0 Å². The Hall–Kier alpha value is -15.4. The van der Waals surface area contributed by atoms with Crippen LogP contribution in [0.15, 0.2) is 239 Å². The molecule has 0 spiro atoms. The molecule has 0 amide bonds. The van der Waals surface area contributed by atoms with E-state index in [0.29, 0.717) is 161 Å². The molecule has 12 N–H and O–H groups in total. The van der Waals surface area contributed by atoms with Crippen molar-refractivity contribution in [2.24, 2.45) is 16.9 Å². The number of rotatable bonds is 35. The van der Waals surface area contributed by atoms with Gasteiger partial charge in [-0.3, -0.25) is 0 Å². The number of hydrogen-bond acceptors (Lipinski definition) is 37. The normalized spacial score (nSPS) is 12.2. The van der Waals surface area contributed by atoms with E-state index >= 15 is 0 Å². The summed E-state index contributed by atoms with van der Waals surface area (Å²) in [5.41, 5.74) is 26.2. The molecule has 37 nitrogen and oxygen atoms in total. The Bertz CT molecular complexity index is 6060. The first-order chi connectivity index (χ1) is 70.8. The topological polar surface area (TPSA) is 495 Å². The molecular formula is C106H126BrCl2N19O18. The standard InChI is InChI=1S/C27H30N4O5.C25H26N4O5.C21H22N4O5.C9H18N2.C9H11NO.C7H9NO.C5H5Cl2N3O.C3H5Br/c1-5-14-35-21-11-8-19(9-12-21)18-28-26-29-24(30-27(31-26)34-7-3)17-20-10-13-22(25(32)33-4)23(16-20)36-15-6-2;1-3-32-25-28-22-15-18-8-11-20(23(30)31-2)21(14-18)34-13-5-4-12-33-19-9-6-17(7-10-19)16-26-24(27-22)29-25;1-3-30-21-24-18(11-14-6-9-16(17(27)10-14)19(28)29-2)23-20(25-21)22-12-13-4-7-15(26)8-5-13;10-7-9(3-4-9)8-11-5-1-2-6-11;1-2-11-7-8-3-5-9(10)6-4-8;8-5-6-1-3-7(9)4-2-6;1-2-11-5-9-3(6)8-4(7)10-5;1-2-3-4/h5-6,8-13,16H,1-2,7,14-15,17-18H2,3-4H3,(H,28,29,30,31);4-11,14H,3,12-13,15-16H2,1-2H3,(H,26,27,28,29);4-10,26-27H,3,11-12H2,1-2H3,(H,22,23,24,25);1-8,10H2;2-6H,1,7,10H2;1-4,9H,5,8H2;2H2,1H3;2H,1,3H2. The van der Waals surface area contributed by atoms with Crippen LogP contribution in [-0.4, -0.2) is 204 Å². The van der Waals surface area contributed by atoms with Gasteiger partial charge in [-0.25, -0.2) is 14.4 Å². The highest BCUT2D eigenvalue weighted by atomic mass is 79.9. The van der Waals surface area contributed by atoms with Crippen LogP contribution in [0.1, 0.15) is 146 Å². The molecule has 4 aromatic heterocycles. The molecule has 40 heteroatoms. The number of methoxy groups -OCH3 is 3. The van der Waals surface area contributed by atoms with Gasteiger partial charge < -0.3 is 110 Å². The fraction of sp³-hybridized carbons (Fsp3) is 0.311. The Labute approximate surface area is 868 Å². The van der Waals surface area contributed by atoms with E-state index in [4.69, 9.17) is 97.6 Å². The Morgan fingerprint density at radius 2 is 0.993 bits per heavy atom. The Kier molecular flexibility index (Phi) is 51.1. The average Bonchev–Trinajstić information content (AvgIpc) is 1.62. The summed E-state index contributed by atoms with van der Waals surface area (Å²) in [5, 5.41) is 38.8. The number of likely N-dealkylation sites (tertiary alicyclic amines) is 1. The van der Waals surface area contributed by atoms with Crippen LogP contribution >= 0.6 is 39.1 Å². The number of nitrogen functional groups attached to an aromatic ring is 1. The zero-order chi connectivity index (χ0) is 105. The molecule has 1 aliphatic carbocycles. The van der Waals surface area contributed by atoms with Crippen molar-refractivity contribution in [1.29, 1.82) is 0 Å². The molecule has 0 radical (unpaired) electrons. The summed E-state index contributed by atoms with van der Waals surface area (Å²) in [7, 11) is 3.92. The maximum Gasteiger partial charge on any atom is 0.341 e. The van der Waals surface area contributed by atoms with Crippen molar-refractivity contribution in [1.82, 2.24) is 64.7 Å². The van der Waals surface area contributed by atoms with Gasteiger partial charge >= 0.3 is 41.9 Å². The van der Waals surface area contributed by atoms with Gasteiger partial charge in [-0.1, -0.05) is 133 Å². The molecule has 1 saturated carbocycles. The van der Waals surface area contributed by atoms with E-state index < -0.39 is 17.9 Å². The van der Waals surface area contributed by atoms with E-state index in [1.54, 1.807) is 103 Å². The Morgan fingerprint density at radius 1 is 0.514 bits per heavy atom. The largest absolute Gasteiger partial charge is 0.508 e. The van der Waals surface area contributed by atoms with E-state index in [1.165, 1.54) is 85.0 Å². The predicted octanol–water partition coefficient (Wildman–Crippen LogP) is 17.4. The summed E-state index contributed by atoms with van der Waals surface area (Å²) < 4.78 is 63.6. The number of ether oxygens (including phenoxy) is 12. The molecule has 146 heavy (non-hydrogen) atoms. The molecule has 0 atom stereocenters. The number of alkyl halides is 1. The Balaban J connectivity index is 0.000000219. The van der Waals surface area contributed by atoms with Crippen LogP contribution < -0.4 is 71.0 Å². The van der Waals surface area contributed by atoms with E-state index in [9.17, 15) is 24.6 Å². The zero-order valence-electron chi connectivity index (χ0n) is 82.9. The number of aromatic hydroxyl groups is 3. The quantitative estimate of drug-likeness (QED) is 0.00445. The number of carbonyl (C=O) groups excluding carboxylic acids is 3. The van der Waals surface area contributed by atoms with E-state index in [-0.39, 0.29) is 70.6 Å². The third-order valence-corrected chi connectivity index (χ3v) is 21.4. The molecule has 1 saturated heterocycles. The first-order valence-corrected chi connectivity index (χ1v) is 48.6. The molecule has 4 aliphatic rings. The van der Waals surface area contributed by atoms with Gasteiger partial charge in [0, 0.05) is 63.0 Å². The molecule has 8 aromatic carbocycles. The highest BCUT2D eigenvalue weighted by Crippen LogP contribution is 2.45. The van der Waals surface area contributed by atoms with E-state index in [1.807, 2.05) is 119 Å². The number of anilines is 4. The number of hydrogen-bond donors (Lipinski definition) is 9. The lowest BCUT2D eigenvalue weighted by atomic mass is 10.1. The summed E-state index contributed by atoms with van der Waals surface area (Å²) in [4.78, 5) is 89.0. The van der Waals surface area contributed by atoms with Crippen LogP contribution in [0.5, 0.6) is 64.3 Å². The van der Waals surface area contributed by atoms with Crippen molar-refractivity contribution in [2.45, 2.75) is 105 Å². The van der Waals surface area contributed by atoms with Crippen LogP contribution in [0, 0.1) is 5.41 Å². The minimum atomic E-state index is -0.612. The van der Waals surface area contributed by atoms with Crippen molar-refractivity contribution in [2.75, 3.05) is 127 Å². The van der Waals surface area contributed by atoms with Crippen molar-refractivity contribution in [3.8, 4) is 64.3 Å². The number of phenolic OH excluding ortho intramolecular Hbond substituents is 3. The number of esters is 3. The van der Waals surface area contributed by atoms with Gasteiger partial charge in [-0.15, -0.1) is 6.58 Å². The maximum atomic E-state index is 12.2. The van der Waals surface area contributed by atoms with Crippen LogP contribution in [0.3, 0.4) is 0 Å². The fourth-order valence-corrected chi connectivity index (χ4v) is 13.5. The summed E-state index contributed by atoms with van der Waals surface area (Å²) in [5.74, 6) is 3.70. The smallest absolute Gasteiger partial charge is 0.341 e. The fourth-order valence-electron chi connectivity index (χ4n) is 13.1. The van der Waals surface area contributed by atoms with Gasteiger partial charge in [0.05, 0.1) is 54.0 Å². The molecular weight excluding hydrogens is 1980 g/mol. The van der Waals surface area contributed by atoms with Gasteiger partial charge in [0.1, 0.15) is 107 Å². The lowest BCUT2D eigenvalue weighted by molar-refractivity contribution is 0.0587. The monoisotopic (exact) mass is 2100 g/mol.